The zero-order chi connectivity index (χ0) is 21.0. The number of hydrogen-bond acceptors (Lipinski definition) is 8. The number of nitro groups is 1. The topological polar surface area (TPSA) is 143 Å². The normalized spacial score (nSPS) is 18.1. The summed E-state index contributed by atoms with van der Waals surface area (Å²) in [6.45, 7) is 2.93. The molecule has 2 N–H and O–H groups in total. The van der Waals surface area contributed by atoms with E-state index in [-0.39, 0.29) is 16.9 Å². The third kappa shape index (κ3) is 4.98. The molecule has 0 bridgehead atoms. The second-order valence-electron chi connectivity index (χ2n) is 7.17. The fourth-order valence-electron chi connectivity index (χ4n) is 3.45. The average Bonchev–Trinajstić information content (AvgIpc) is 3.32. The fourth-order valence-corrected chi connectivity index (χ4v) is 4.87. The number of nitro benzene ring substituents is 1. The third-order valence-corrected chi connectivity index (χ3v) is 6.41. The van der Waals surface area contributed by atoms with Gasteiger partial charge in [-0.05, 0) is 24.8 Å². The molecule has 2 unspecified atom stereocenters. The lowest BCUT2D eigenvalue weighted by molar-refractivity contribution is -0.384. The molecule has 0 saturated carbocycles. The van der Waals surface area contributed by atoms with Crippen LogP contribution >= 0.6 is 0 Å². The first kappa shape index (κ1) is 21.3. The van der Waals surface area contributed by atoms with E-state index in [2.05, 4.69) is 10.2 Å². The van der Waals surface area contributed by atoms with E-state index in [1.165, 1.54) is 24.3 Å². The minimum atomic E-state index is -3.90. The highest BCUT2D eigenvalue weighted by atomic mass is 32.2. The number of ether oxygens (including phenoxy) is 1. The van der Waals surface area contributed by atoms with Crippen LogP contribution in [0.2, 0.25) is 0 Å². The fraction of sp³-hybridized carbons (Fsp3) is 0.556. The van der Waals surface area contributed by atoms with Crippen LogP contribution in [0, 0.1) is 10.1 Å². The summed E-state index contributed by atoms with van der Waals surface area (Å²) in [5.41, 5.74) is 6.36. The van der Waals surface area contributed by atoms with Crippen LogP contribution in [0.3, 0.4) is 0 Å². The molecule has 2 aromatic rings. The van der Waals surface area contributed by atoms with Crippen LogP contribution < -0.4 is 5.73 Å². The van der Waals surface area contributed by atoms with Gasteiger partial charge in [-0.25, -0.2) is 8.42 Å². The molecule has 10 nitrogen and oxygen atoms in total. The number of hydrogen-bond donors (Lipinski definition) is 1. The first-order chi connectivity index (χ1) is 13.8. The molecule has 1 aromatic heterocycles. The number of non-ortho nitro benzene ring substituents is 1. The smallest absolute Gasteiger partial charge is 0.269 e. The van der Waals surface area contributed by atoms with Gasteiger partial charge in [0.25, 0.3) is 5.69 Å². The number of benzene rings is 1. The van der Waals surface area contributed by atoms with Crippen molar-refractivity contribution in [3.8, 4) is 0 Å². The van der Waals surface area contributed by atoms with Crippen molar-refractivity contribution < 1.29 is 18.1 Å². The van der Waals surface area contributed by atoms with Gasteiger partial charge in [-0.3, -0.25) is 14.7 Å². The lowest BCUT2D eigenvalue weighted by Crippen LogP contribution is -2.24. The Morgan fingerprint density at radius 3 is 2.86 bits per heavy atom. The van der Waals surface area contributed by atoms with Gasteiger partial charge in [0.2, 0.25) is 15.0 Å². The molecule has 0 spiro atoms. The van der Waals surface area contributed by atoms with Gasteiger partial charge >= 0.3 is 0 Å². The van der Waals surface area contributed by atoms with Crippen LogP contribution in [0.15, 0.2) is 29.4 Å². The lowest BCUT2D eigenvalue weighted by atomic mass is 10.1. The molecule has 2 atom stereocenters. The maximum Gasteiger partial charge on any atom is 0.269 e. The first-order valence-corrected chi connectivity index (χ1v) is 11.2. The molecule has 1 saturated heterocycles. The second kappa shape index (κ2) is 8.97. The van der Waals surface area contributed by atoms with Crippen molar-refractivity contribution in [2.45, 2.75) is 62.2 Å². The number of sulfone groups is 1. The Kier molecular flexibility index (Phi) is 6.60. The van der Waals surface area contributed by atoms with Crippen LogP contribution in [0.1, 0.15) is 50.0 Å². The Labute approximate surface area is 169 Å². The minimum Gasteiger partial charge on any atom is -0.376 e. The number of rotatable bonds is 9. The summed E-state index contributed by atoms with van der Waals surface area (Å²) in [5, 5.41) is 18.8. The van der Waals surface area contributed by atoms with Crippen LogP contribution in [-0.2, 0) is 26.9 Å². The minimum absolute atomic E-state index is 0.120. The SMILES string of the molecule is CCCC(N)c1nnc(S(=O)(=O)Cc2cccc([N+](=O)[O-])c2)n1CC1CCCO1. The van der Waals surface area contributed by atoms with Gasteiger partial charge in [0.15, 0.2) is 5.82 Å². The van der Waals surface area contributed by atoms with E-state index in [9.17, 15) is 18.5 Å². The first-order valence-electron chi connectivity index (χ1n) is 9.58. The molecule has 158 valence electrons. The monoisotopic (exact) mass is 423 g/mol. The molecule has 1 aliphatic rings. The molecule has 3 rings (SSSR count). The summed E-state index contributed by atoms with van der Waals surface area (Å²) in [6.07, 6.45) is 3.09. The van der Waals surface area contributed by atoms with Gasteiger partial charge in [0.05, 0.1) is 29.4 Å². The summed E-state index contributed by atoms with van der Waals surface area (Å²) in [6, 6.07) is 5.13. The third-order valence-electron chi connectivity index (χ3n) is 4.84. The summed E-state index contributed by atoms with van der Waals surface area (Å²) < 4.78 is 33.4. The molecular formula is C18H25N5O5S. The van der Waals surface area contributed by atoms with Gasteiger partial charge < -0.3 is 10.5 Å². The van der Waals surface area contributed by atoms with Crippen LogP contribution in [0.5, 0.6) is 0 Å². The quantitative estimate of drug-likeness (QED) is 0.477. The van der Waals surface area contributed by atoms with E-state index >= 15 is 0 Å². The highest BCUT2D eigenvalue weighted by molar-refractivity contribution is 7.90. The predicted molar refractivity (Wildman–Crippen MR) is 105 cm³/mol. The molecular weight excluding hydrogens is 398 g/mol. The average molecular weight is 423 g/mol. The lowest BCUT2D eigenvalue weighted by Gasteiger charge is -2.17. The Bertz CT molecular complexity index is 969. The zero-order valence-corrected chi connectivity index (χ0v) is 17.0. The highest BCUT2D eigenvalue weighted by Gasteiger charge is 2.30. The predicted octanol–water partition coefficient (Wildman–Crippen LogP) is 2.14. The number of aromatic nitrogens is 3. The Hall–Kier alpha value is -2.37. The van der Waals surface area contributed by atoms with E-state index < -0.39 is 26.6 Å². The van der Waals surface area contributed by atoms with Gasteiger partial charge in [0.1, 0.15) is 0 Å². The summed E-state index contributed by atoms with van der Waals surface area (Å²) in [7, 11) is -3.90. The second-order valence-corrected chi connectivity index (χ2v) is 9.05. The van der Waals surface area contributed by atoms with Crippen LogP contribution in [0.25, 0.3) is 0 Å². The van der Waals surface area contributed by atoms with E-state index in [0.29, 0.717) is 31.0 Å². The summed E-state index contributed by atoms with van der Waals surface area (Å²) in [5.74, 6) is 0.00131. The van der Waals surface area contributed by atoms with Crippen molar-refractivity contribution in [3.63, 3.8) is 0 Å². The van der Waals surface area contributed by atoms with Crippen LogP contribution in [0.4, 0.5) is 5.69 Å². The van der Waals surface area contributed by atoms with Gasteiger partial charge in [0, 0.05) is 18.7 Å². The standard InChI is InChI=1S/C18H25N5O5S/c1-2-5-16(19)17-20-21-18(22(17)11-15-8-4-9-28-15)29(26,27)12-13-6-3-7-14(10-13)23(24)25/h3,6-7,10,15-16H,2,4-5,8-9,11-12,19H2,1H3. The van der Waals surface area contributed by atoms with Crippen molar-refractivity contribution in [3.05, 3.63) is 45.8 Å². The van der Waals surface area contributed by atoms with E-state index in [1.54, 1.807) is 4.57 Å². The van der Waals surface area contributed by atoms with Gasteiger partial charge in [-0.15, -0.1) is 10.2 Å². The van der Waals surface area contributed by atoms with Crippen LogP contribution in [-0.4, -0.2) is 40.8 Å². The highest BCUT2D eigenvalue weighted by Crippen LogP contribution is 2.24. The molecule has 1 aliphatic heterocycles. The van der Waals surface area contributed by atoms with E-state index in [0.717, 1.165) is 19.3 Å². The molecule has 2 heterocycles. The number of nitrogens with zero attached hydrogens (tertiary/aromatic N) is 4. The van der Waals surface area contributed by atoms with Gasteiger partial charge in [-0.1, -0.05) is 25.5 Å². The molecule has 29 heavy (non-hydrogen) atoms. The van der Waals surface area contributed by atoms with E-state index in [1.807, 2.05) is 6.92 Å². The van der Waals surface area contributed by atoms with Crippen molar-refractivity contribution in [1.82, 2.24) is 14.8 Å². The van der Waals surface area contributed by atoms with Crippen molar-refractivity contribution in [1.29, 1.82) is 0 Å². The Morgan fingerprint density at radius 1 is 1.41 bits per heavy atom. The van der Waals surface area contributed by atoms with Crippen molar-refractivity contribution in [2.75, 3.05) is 6.61 Å². The molecule has 0 aliphatic carbocycles. The molecule has 1 aromatic carbocycles. The molecule has 11 heteroatoms. The molecule has 0 amide bonds. The molecule has 1 fully saturated rings. The zero-order valence-electron chi connectivity index (χ0n) is 16.2. The summed E-state index contributed by atoms with van der Waals surface area (Å²) in [4.78, 5) is 10.4. The maximum atomic E-state index is 13.1. The Morgan fingerprint density at radius 2 is 2.21 bits per heavy atom. The van der Waals surface area contributed by atoms with Crippen molar-refractivity contribution in [2.24, 2.45) is 5.73 Å². The number of nitrogens with two attached hydrogens (primary N) is 1. The Balaban J connectivity index is 1.94. The summed E-state index contributed by atoms with van der Waals surface area (Å²) >= 11 is 0. The van der Waals surface area contributed by atoms with Gasteiger partial charge in [-0.2, -0.15) is 0 Å². The van der Waals surface area contributed by atoms with Crippen molar-refractivity contribution >= 4 is 15.5 Å². The largest absolute Gasteiger partial charge is 0.376 e. The molecule has 0 radical (unpaired) electrons. The maximum absolute atomic E-state index is 13.1. The van der Waals surface area contributed by atoms with E-state index in [4.69, 9.17) is 10.5 Å².